The second-order valence-electron chi connectivity index (χ2n) is 6.79. The third-order valence-electron chi connectivity index (χ3n) is 4.91. The van der Waals surface area contributed by atoms with Crippen molar-refractivity contribution >= 4 is 23.1 Å². The summed E-state index contributed by atoms with van der Waals surface area (Å²) in [6, 6.07) is 11.1. The summed E-state index contributed by atoms with van der Waals surface area (Å²) in [5.41, 5.74) is 0.349. The number of Topliss-reactive ketones (excluding diaryl/α,β-unsaturated/α-hetero) is 1. The number of ether oxygens (including phenoxy) is 2. The predicted molar refractivity (Wildman–Crippen MR) is 112 cm³/mol. The Bertz CT molecular complexity index is 1030. The molecule has 9 heteroatoms. The highest BCUT2D eigenvalue weighted by Gasteiger charge is 2.46. The lowest BCUT2D eigenvalue weighted by Gasteiger charge is -2.24. The number of methoxy groups -OCH3 is 1. The van der Waals surface area contributed by atoms with Gasteiger partial charge in [-0.25, -0.2) is 0 Å². The first-order valence-electron chi connectivity index (χ1n) is 9.64. The number of aliphatic hydroxyl groups is 1. The van der Waals surface area contributed by atoms with Gasteiger partial charge in [0.15, 0.2) is 0 Å². The fourth-order valence-electron chi connectivity index (χ4n) is 3.49. The van der Waals surface area contributed by atoms with Crippen LogP contribution in [0, 0.1) is 10.1 Å². The number of hydrogen-bond donors (Lipinski definition) is 1. The average Bonchev–Trinajstić information content (AvgIpc) is 3.02. The Morgan fingerprint density at radius 3 is 2.52 bits per heavy atom. The Balaban J connectivity index is 2.13. The molecule has 1 saturated heterocycles. The minimum Gasteiger partial charge on any atom is -0.507 e. The van der Waals surface area contributed by atoms with E-state index in [9.17, 15) is 24.8 Å². The molecule has 0 bridgehead atoms. The van der Waals surface area contributed by atoms with E-state index in [0.29, 0.717) is 23.5 Å². The summed E-state index contributed by atoms with van der Waals surface area (Å²) >= 11 is 0. The minimum absolute atomic E-state index is 0.0779. The first kappa shape index (κ1) is 22.0. The fourth-order valence-corrected chi connectivity index (χ4v) is 3.49. The normalized spacial score (nSPS) is 17.7. The second kappa shape index (κ2) is 9.40. The smallest absolute Gasteiger partial charge is 0.295 e. The molecule has 1 N–H and O–H groups in total. The number of aliphatic hydroxyl groups excluding tert-OH is 1. The number of benzene rings is 2. The van der Waals surface area contributed by atoms with Crippen molar-refractivity contribution in [3.63, 3.8) is 0 Å². The summed E-state index contributed by atoms with van der Waals surface area (Å²) in [4.78, 5) is 37.5. The zero-order valence-electron chi connectivity index (χ0n) is 17.1. The number of rotatable bonds is 8. The van der Waals surface area contributed by atoms with Gasteiger partial charge in [0, 0.05) is 31.4 Å². The Labute approximate surface area is 178 Å². The minimum atomic E-state index is -0.985. The lowest BCUT2D eigenvalue weighted by Crippen LogP contribution is -2.32. The third-order valence-corrected chi connectivity index (χ3v) is 4.91. The molecule has 1 fully saturated rings. The molecule has 0 aromatic heterocycles. The number of carbonyl (C=O) groups is 2. The molecule has 2 aromatic rings. The van der Waals surface area contributed by atoms with Crippen LogP contribution in [-0.2, 0) is 14.3 Å². The zero-order valence-corrected chi connectivity index (χ0v) is 17.1. The van der Waals surface area contributed by atoms with E-state index in [2.05, 4.69) is 0 Å². The fraction of sp³-hybridized carbons (Fsp3) is 0.273. The van der Waals surface area contributed by atoms with Crippen LogP contribution in [0.15, 0.2) is 54.1 Å². The molecule has 1 aliphatic rings. The Morgan fingerprint density at radius 1 is 1.19 bits per heavy atom. The molecule has 162 valence electrons. The largest absolute Gasteiger partial charge is 0.507 e. The van der Waals surface area contributed by atoms with Crippen molar-refractivity contribution in [1.82, 2.24) is 4.90 Å². The summed E-state index contributed by atoms with van der Waals surface area (Å²) in [6.45, 7) is 2.55. The number of amides is 1. The van der Waals surface area contributed by atoms with Crippen molar-refractivity contribution in [2.45, 2.75) is 13.0 Å². The van der Waals surface area contributed by atoms with Crippen molar-refractivity contribution < 1.29 is 29.1 Å². The molecule has 0 unspecified atom stereocenters. The van der Waals surface area contributed by atoms with Gasteiger partial charge in [-0.05, 0) is 36.8 Å². The van der Waals surface area contributed by atoms with E-state index in [0.717, 1.165) is 0 Å². The highest BCUT2D eigenvalue weighted by molar-refractivity contribution is 6.46. The quantitative estimate of drug-likeness (QED) is 0.226. The van der Waals surface area contributed by atoms with E-state index in [1.165, 1.54) is 30.2 Å². The second-order valence-corrected chi connectivity index (χ2v) is 6.79. The van der Waals surface area contributed by atoms with Gasteiger partial charge in [-0.1, -0.05) is 12.1 Å². The number of carbonyl (C=O) groups excluding carboxylic acids is 2. The Kier molecular flexibility index (Phi) is 6.66. The number of nitrogens with zero attached hydrogens (tertiary/aromatic N) is 2. The van der Waals surface area contributed by atoms with Crippen LogP contribution >= 0.6 is 0 Å². The lowest BCUT2D eigenvalue weighted by atomic mass is 9.95. The van der Waals surface area contributed by atoms with Crippen LogP contribution in [0.1, 0.15) is 24.1 Å². The molecule has 1 heterocycles. The summed E-state index contributed by atoms with van der Waals surface area (Å²) in [5, 5.41) is 22.2. The summed E-state index contributed by atoms with van der Waals surface area (Å²) in [5.74, 6) is -1.44. The van der Waals surface area contributed by atoms with E-state index >= 15 is 0 Å². The van der Waals surface area contributed by atoms with Gasteiger partial charge >= 0.3 is 0 Å². The number of non-ortho nitro benzene ring substituents is 1. The van der Waals surface area contributed by atoms with Gasteiger partial charge < -0.3 is 19.5 Å². The average molecular weight is 426 g/mol. The van der Waals surface area contributed by atoms with E-state index < -0.39 is 22.7 Å². The van der Waals surface area contributed by atoms with Gasteiger partial charge in [-0.2, -0.15) is 0 Å². The molecular formula is C22H22N2O7. The van der Waals surface area contributed by atoms with Crippen LogP contribution in [0.3, 0.4) is 0 Å². The Morgan fingerprint density at radius 2 is 1.90 bits per heavy atom. The van der Waals surface area contributed by atoms with Gasteiger partial charge in [0.2, 0.25) is 0 Å². The number of hydrogen-bond acceptors (Lipinski definition) is 7. The molecule has 1 atom stereocenters. The first-order valence-corrected chi connectivity index (χ1v) is 9.64. The van der Waals surface area contributed by atoms with Crippen LogP contribution < -0.4 is 4.74 Å². The van der Waals surface area contributed by atoms with Crippen molar-refractivity contribution in [2.75, 3.05) is 26.9 Å². The van der Waals surface area contributed by atoms with Gasteiger partial charge in [0.1, 0.15) is 11.5 Å². The first-order chi connectivity index (χ1) is 14.9. The number of nitro groups is 1. The number of nitro benzene ring substituents is 1. The summed E-state index contributed by atoms with van der Waals surface area (Å²) < 4.78 is 10.4. The molecule has 0 spiro atoms. The van der Waals surface area contributed by atoms with Crippen molar-refractivity contribution in [3.8, 4) is 5.75 Å². The van der Waals surface area contributed by atoms with Crippen molar-refractivity contribution in [3.05, 3.63) is 75.3 Å². The number of likely N-dealkylation sites (tertiary alicyclic amines) is 1. The number of ketones is 1. The molecule has 1 aliphatic heterocycles. The van der Waals surface area contributed by atoms with E-state index in [1.54, 1.807) is 30.3 Å². The summed E-state index contributed by atoms with van der Waals surface area (Å²) in [7, 11) is 1.46. The third kappa shape index (κ3) is 4.41. The Hall–Kier alpha value is -3.72. The van der Waals surface area contributed by atoms with Gasteiger partial charge in [-0.15, -0.1) is 0 Å². The maximum absolute atomic E-state index is 12.9. The zero-order chi connectivity index (χ0) is 22.5. The summed E-state index contributed by atoms with van der Waals surface area (Å²) in [6.07, 6.45) is 0. The maximum atomic E-state index is 12.9. The highest BCUT2D eigenvalue weighted by Crippen LogP contribution is 2.40. The molecule has 9 nitrogen and oxygen atoms in total. The van der Waals surface area contributed by atoms with Crippen LogP contribution in [0.4, 0.5) is 5.69 Å². The van der Waals surface area contributed by atoms with Crippen LogP contribution in [0.2, 0.25) is 0 Å². The van der Waals surface area contributed by atoms with Crippen LogP contribution in [0.5, 0.6) is 5.75 Å². The topological polar surface area (TPSA) is 119 Å². The monoisotopic (exact) mass is 426 g/mol. The molecule has 2 aromatic carbocycles. The van der Waals surface area contributed by atoms with Gasteiger partial charge in [0.25, 0.3) is 17.4 Å². The molecular weight excluding hydrogens is 404 g/mol. The lowest BCUT2D eigenvalue weighted by molar-refractivity contribution is -0.384. The molecule has 0 saturated carbocycles. The SMILES string of the molecule is CCOc1ccc(C(O)=C2C(=O)C(=O)N(CCOC)[C@@H]2c2cccc([N+](=O)[O-])c2)cc1. The molecule has 3 rings (SSSR count). The molecule has 1 amide bonds. The molecule has 0 aliphatic carbocycles. The predicted octanol–water partition coefficient (Wildman–Crippen LogP) is 3.06. The van der Waals surface area contributed by atoms with E-state index in [4.69, 9.17) is 9.47 Å². The standard InChI is InChI=1S/C22H22N2O7/c1-3-31-17-9-7-14(8-10-17)20(25)18-19(15-5-4-6-16(13-15)24(28)29)23(11-12-30-2)22(27)21(18)26/h4-10,13,19,25H,3,11-12H2,1-2H3/t19-/m1/s1. The van der Waals surface area contributed by atoms with Crippen LogP contribution in [0.25, 0.3) is 5.76 Å². The van der Waals surface area contributed by atoms with Crippen molar-refractivity contribution in [2.24, 2.45) is 0 Å². The van der Waals surface area contributed by atoms with Gasteiger partial charge in [0.05, 0.1) is 29.8 Å². The molecule has 0 radical (unpaired) electrons. The van der Waals surface area contributed by atoms with Gasteiger partial charge in [-0.3, -0.25) is 19.7 Å². The van der Waals surface area contributed by atoms with Crippen molar-refractivity contribution in [1.29, 1.82) is 0 Å². The highest BCUT2D eigenvalue weighted by atomic mass is 16.6. The van der Waals surface area contributed by atoms with E-state index in [-0.39, 0.29) is 30.2 Å². The van der Waals surface area contributed by atoms with E-state index in [1.807, 2.05) is 6.92 Å². The maximum Gasteiger partial charge on any atom is 0.295 e. The van der Waals surface area contributed by atoms with Crippen LogP contribution in [-0.4, -0.2) is 53.5 Å². The molecule has 31 heavy (non-hydrogen) atoms.